The van der Waals surface area contributed by atoms with E-state index in [1.807, 2.05) is 0 Å². The van der Waals surface area contributed by atoms with Crippen LogP contribution in [0.2, 0.25) is 0 Å². The first kappa shape index (κ1) is 20.5. The Morgan fingerprint density at radius 3 is 2.67 bits per heavy atom. The number of nitrogens with one attached hydrogen (secondary N) is 1. The maximum atomic E-state index is 12.7. The molecule has 2 aliphatic rings. The molecule has 0 aromatic heterocycles. The van der Waals surface area contributed by atoms with Crippen LogP contribution in [0.4, 0.5) is 11.4 Å². The molecule has 2 heterocycles. The molecule has 8 heteroatoms. The van der Waals surface area contributed by atoms with E-state index in [4.69, 9.17) is 4.74 Å². The number of carbonyl (C=O) groups excluding carboxylic acids is 1. The Morgan fingerprint density at radius 1 is 1.13 bits per heavy atom. The fourth-order valence-corrected chi connectivity index (χ4v) is 5.01. The number of aryl methyl sites for hydroxylation is 1. The first-order valence-corrected chi connectivity index (χ1v) is 12.1. The summed E-state index contributed by atoms with van der Waals surface area (Å²) in [5, 5.41) is 2.91. The summed E-state index contributed by atoms with van der Waals surface area (Å²) in [6, 6.07) is 15.3. The van der Waals surface area contributed by atoms with Crippen molar-refractivity contribution in [1.82, 2.24) is 5.32 Å². The van der Waals surface area contributed by atoms with Gasteiger partial charge >= 0.3 is 0 Å². The summed E-state index contributed by atoms with van der Waals surface area (Å²) in [6.07, 6.45) is 3.32. The number of sulfonamides is 1. The van der Waals surface area contributed by atoms with Gasteiger partial charge in [0.15, 0.2) is 6.10 Å². The van der Waals surface area contributed by atoms with E-state index in [0.29, 0.717) is 18.0 Å². The van der Waals surface area contributed by atoms with Crippen LogP contribution in [0.5, 0.6) is 5.75 Å². The second kappa shape index (κ2) is 8.55. The highest BCUT2D eigenvalue weighted by Gasteiger charge is 2.34. The number of para-hydroxylation sites is 3. The van der Waals surface area contributed by atoms with Gasteiger partial charge in [0.25, 0.3) is 5.91 Å². The first-order chi connectivity index (χ1) is 14.4. The lowest BCUT2D eigenvalue weighted by Gasteiger charge is -2.34. The number of amides is 1. The molecule has 2 aliphatic heterocycles. The molecule has 30 heavy (non-hydrogen) atoms. The van der Waals surface area contributed by atoms with Crippen molar-refractivity contribution in [2.45, 2.75) is 25.4 Å². The third-order valence-electron chi connectivity index (χ3n) is 5.54. The molecular formula is C22H27N3O4S. The average Bonchev–Trinajstić information content (AvgIpc) is 2.75. The van der Waals surface area contributed by atoms with Crippen LogP contribution in [0.25, 0.3) is 0 Å². The summed E-state index contributed by atoms with van der Waals surface area (Å²) in [5.74, 6) is 0.108. The molecule has 0 aliphatic carbocycles. The predicted molar refractivity (Wildman–Crippen MR) is 118 cm³/mol. The molecule has 160 valence electrons. The number of nitrogens with zero attached hydrogens (tertiary/aromatic N) is 2. The lowest BCUT2D eigenvalue weighted by atomic mass is 10.0. The molecule has 2 aromatic carbocycles. The molecule has 0 unspecified atom stereocenters. The minimum atomic E-state index is -3.51. The number of benzene rings is 2. The van der Waals surface area contributed by atoms with E-state index >= 15 is 0 Å². The van der Waals surface area contributed by atoms with Gasteiger partial charge in [0.1, 0.15) is 5.75 Å². The predicted octanol–water partition coefficient (Wildman–Crippen LogP) is 2.17. The summed E-state index contributed by atoms with van der Waals surface area (Å²) in [6.45, 7) is 2.37. The van der Waals surface area contributed by atoms with Gasteiger partial charge in [-0.3, -0.25) is 9.10 Å². The number of carbonyl (C=O) groups is 1. The Labute approximate surface area is 177 Å². The van der Waals surface area contributed by atoms with Crippen molar-refractivity contribution in [3.8, 4) is 5.75 Å². The smallest absolute Gasteiger partial charge is 0.263 e. The van der Waals surface area contributed by atoms with Crippen LogP contribution in [-0.4, -0.2) is 52.9 Å². The molecule has 1 amide bonds. The van der Waals surface area contributed by atoms with Crippen LogP contribution in [0.15, 0.2) is 48.5 Å². The van der Waals surface area contributed by atoms with Crippen molar-refractivity contribution >= 4 is 27.3 Å². The van der Waals surface area contributed by atoms with Crippen LogP contribution >= 0.6 is 0 Å². The number of fused-ring (bicyclic) bond motifs is 2. The molecule has 1 N–H and O–H groups in total. The normalized spacial score (nSPS) is 18.2. The van der Waals surface area contributed by atoms with Gasteiger partial charge < -0.3 is 15.0 Å². The van der Waals surface area contributed by atoms with Crippen LogP contribution in [0.3, 0.4) is 0 Å². The molecule has 0 saturated heterocycles. The molecular weight excluding hydrogens is 402 g/mol. The number of hydrogen-bond donors (Lipinski definition) is 1. The Kier molecular flexibility index (Phi) is 5.85. The van der Waals surface area contributed by atoms with E-state index in [1.54, 1.807) is 24.3 Å². The molecule has 0 saturated carbocycles. The molecule has 1 atom stereocenters. The van der Waals surface area contributed by atoms with Crippen molar-refractivity contribution in [2.24, 2.45) is 0 Å². The maximum Gasteiger partial charge on any atom is 0.263 e. The highest BCUT2D eigenvalue weighted by molar-refractivity contribution is 7.92. The van der Waals surface area contributed by atoms with Gasteiger partial charge in [-0.25, -0.2) is 8.42 Å². The fraction of sp³-hybridized carbons (Fsp3) is 0.409. The minimum absolute atomic E-state index is 0.0266. The number of ether oxygens (including phenoxy) is 1. The average molecular weight is 430 g/mol. The number of anilines is 2. The van der Waals surface area contributed by atoms with Crippen molar-refractivity contribution in [3.05, 3.63) is 54.1 Å². The Morgan fingerprint density at radius 2 is 1.87 bits per heavy atom. The van der Waals surface area contributed by atoms with Gasteiger partial charge in [-0.1, -0.05) is 30.3 Å². The summed E-state index contributed by atoms with van der Waals surface area (Å²) < 4.78 is 31.4. The summed E-state index contributed by atoms with van der Waals surface area (Å²) >= 11 is 0. The lowest BCUT2D eigenvalue weighted by Crippen LogP contribution is -2.50. The SMILES string of the molecule is CS(=O)(=O)N1C[C@@H](C(=O)NCCCN2CCCc3ccccc32)Oc2ccccc21. The van der Waals surface area contributed by atoms with E-state index in [2.05, 4.69) is 34.5 Å². The highest BCUT2D eigenvalue weighted by Crippen LogP contribution is 2.34. The molecule has 0 fully saturated rings. The van der Waals surface area contributed by atoms with Gasteiger partial charge in [0, 0.05) is 25.3 Å². The third kappa shape index (κ3) is 4.38. The molecule has 0 radical (unpaired) electrons. The zero-order chi connectivity index (χ0) is 21.1. The Bertz CT molecular complexity index is 1020. The van der Waals surface area contributed by atoms with Crippen molar-refractivity contribution in [1.29, 1.82) is 0 Å². The van der Waals surface area contributed by atoms with E-state index in [-0.39, 0.29) is 12.5 Å². The third-order valence-corrected chi connectivity index (χ3v) is 6.68. The van der Waals surface area contributed by atoms with Gasteiger partial charge in [-0.2, -0.15) is 0 Å². The van der Waals surface area contributed by atoms with Gasteiger partial charge in [-0.05, 0) is 43.0 Å². The van der Waals surface area contributed by atoms with E-state index in [1.165, 1.54) is 15.6 Å². The summed E-state index contributed by atoms with van der Waals surface area (Å²) in [5.41, 5.74) is 3.13. The largest absolute Gasteiger partial charge is 0.476 e. The zero-order valence-electron chi connectivity index (χ0n) is 17.1. The van der Waals surface area contributed by atoms with Crippen LogP contribution in [-0.2, 0) is 21.2 Å². The quantitative estimate of drug-likeness (QED) is 0.712. The topological polar surface area (TPSA) is 79.0 Å². The lowest BCUT2D eigenvalue weighted by molar-refractivity contribution is -0.127. The van der Waals surface area contributed by atoms with Crippen molar-refractivity contribution < 1.29 is 17.9 Å². The van der Waals surface area contributed by atoms with Gasteiger partial charge in [0.05, 0.1) is 18.5 Å². The number of hydrogen-bond acceptors (Lipinski definition) is 5. The van der Waals surface area contributed by atoms with E-state index in [9.17, 15) is 13.2 Å². The molecule has 0 bridgehead atoms. The van der Waals surface area contributed by atoms with Crippen molar-refractivity contribution in [2.75, 3.05) is 41.6 Å². The zero-order valence-corrected chi connectivity index (χ0v) is 17.9. The summed E-state index contributed by atoms with van der Waals surface area (Å²) in [7, 11) is -3.51. The van der Waals surface area contributed by atoms with E-state index < -0.39 is 16.1 Å². The van der Waals surface area contributed by atoms with Crippen LogP contribution < -0.4 is 19.3 Å². The minimum Gasteiger partial charge on any atom is -0.476 e. The van der Waals surface area contributed by atoms with E-state index in [0.717, 1.165) is 38.6 Å². The second-order valence-electron chi connectivity index (χ2n) is 7.73. The molecule has 4 rings (SSSR count). The van der Waals surface area contributed by atoms with Crippen molar-refractivity contribution in [3.63, 3.8) is 0 Å². The maximum absolute atomic E-state index is 12.7. The Hall–Kier alpha value is -2.74. The Balaban J connectivity index is 1.33. The molecule has 0 spiro atoms. The second-order valence-corrected chi connectivity index (χ2v) is 9.64. The first-order valence-electron chi connectivity index (χ1n) is 10.3. The number of rotatable bonds is 6. The monoisotopic (exact) mass is 429 g/mol. The van der Waals surface area contributed by atoms with Gasteiger partial charge in [0.2, 0.25) is 10.0 Å². The van der Waals surface area contributed by atoms with Crippen LogP contribution in [0, 0.1) is 0 Å². The summed E-state index contributed by atoms with van der Waals surface area (Å²) in [4.78, 5) is 15.0. The highest BCUT2D eigenvalue weighted by atomic mass is 32.2. The fourth-order valence-electron chi connectivity index (χ4n) is 4.09. The van der Waals surface area contributed by atoms with Gasteiger partial charge in [-0.15, -0.1) is 0 Å². The molecule has 7 nitrogen and oxygen atoms in total. The molecule has 2 aromatic rings. The van der Waals surface area contributed by atoms with Crippen LogP contribution in [0.1, 0.15) is 18.4 Å². The standard InChI is InChI=1S/C22H27N3O4S/c1-30(27,28)25-16-21(29-20-12-5-4-11-19(20)25)22(26)23-13-7-15-24-14-6-9-17-8-2-3-10-18(17)24/h2-5,8,10-12,21H,6-7,9,13-16H2,1H3,(H,23,26)/t21-/m0/s1.